The molecule has 1 saturated carbocycles. The van der Waals surface area contributed by atoms with Gasteiger partial charge in [0.2, 0.25) is 0 Å². The number of carboxylic acids is 1. The molecule has 112 valence electrons. The lowest BCUT2D eigenvalue weighted by atomic mass is 9.89. The Hall–Kier alpha value is -2.22. The van der Waals surface area contributed by atoms with Crippen molar-refractivity contribution >= 4 is 11.7 Å². The average molecular weight is 288 g/mol. The van der Waals surface area contributed by atoms with Gasteiger partial charge in [-0.25, -0.2) is 4.79 Å². The third-order valence-corrected chi connectivity index (χ3v) is 4.09. The van der Waals surface area contributed by atoms with E-state index < -0.39 is 11.5 Å². The van der Waals surface area contributed by atoms with Gasteiger partial charge in [0.15, 0.2) is 0 Å². The van der Waals surface area contributed by atoms with Crippen LogP contribution in [-0.4, -0.2) is 23.7 Å². The maximum absolute atomic E-state index is 11.8. The van der Waals surface area contributed by atoms with Crippen molar-refractivity contribution in [3.8, 4) is 11.8 Å². The number of anilines is 1. The molecule has 5 heteroatoms. The number of nitriles is 1. The van der Waals surface area contributed by atoms with Crippen molar-refractivity contribution in [2.45, 2.75) is 44.1 Å². The molecule has 0 spiro atoms. The molecule has 5 nitrogen and oxygen atoms in total. The Morgan fingerprint density at radius 2 is 2.00 bits per heavy atom. The van der Waals surface area contributed by atoms with Crippen LogP contribution < -0.4 is 10.1 Å². The molecule has 0 heterocycles. The minimum Gasteiger partial charge on any atom is -0.497 e. The van der Waals surface area contributed by atoms with Crippen molar-refractivity contribution in [2.24, 2.45) is 0 Å². The van der Waals surface area contributed by atoms with E-state index in [1.54, 1.807) is 25.3 Å². The van der Waals surface area contributed by atoms with Crippen molar-refractivity contribution in [1.29, 1.82) is 5.26 Å². The molecule has 1 fully saturated rings. The molecule has 1 aliphatic rings. The van der Waals surface area contributed by atoms with Crippen LogP contribution in [0, 0.1) is 11.3 Å². The Balaban J connectivity index is 2.36. The van der Waals surface area contributed by atoms with Crippen LogP contribution >= 0.6 is 0 Å². The van der Waals surface area contributed by atoms with Gasteiger partial charge in [0.05, 0.1) is 18.4 Å². The van der Waals surface area contributed by atoms with Gasteiger partial charge in [-0.1, -0.05) is 25.7 Å². The first-order valence-electron chi connectivity index (χ1n) is 7.21. The third kappa shape index (κ3) is 3.27. The molecule has 0 aliphatic heterocycles. The maximum Gasteiger partial charge on any atom is 0.329 e. The molecule has 2 N–H and O–H groups in total. The van der Waals surface area contributed by atoms with Crippen molar-refractivity contribution in [2.75, 3.05) is 12.4 Å². The van der Waals surface area contributed by atoms with Crippen molar-refractivity contribution in [1.82, 2.24) is 0 Å². The zero-order chi connectivity index (χ0) is 15.3. The zero-order valence-electron chi connectivity index (χ0n) is 12.2. The lowest BCUT2D eigenvalue weighted by molar-refractivity contribution is -0.142. The number of aliphatic carboxylic acids is 1. The summed E-state index contributed by atoms with van der Waals surface area (Å²) in [6, 6.07) is 7.13. The van der Waals surface area contributed by atoms with E-state index in [-0.39, 0.29) is 0 Å². The average Bonchev–Trinajstić information content (AvgIpc) is 2.73. The number of nitrogens with one attached hydrogen (secondary N) is 1. The summed E-state index contributed by atoms with van der Waals surface area (Å²) in [6.07, 6.45) is 5.02. The molecule has 0 aromatic heterocycles. The number of hydrogen-bond donors (Lipinski definition) is 2. The molecule has 0 bridgehead atoms. The van der Waals surface area contributed by atoms with Gasteiger partial charge in [-0.15, -0.1) is 0 Å². The molecule has 21 heavy (non-hydrogen) atoms. The topological polar surface area (TPSA) is 82.3 Å². The highest BCUT2D eigenvalue weighted by Crippen LogP contribution is 2.33. The Labute approximate surface area is 124 Å². The molecule has 2 rings (SSSR count). The number of carbonyl (C=O) groups is 1. The standard InChI is InChI=1S/C16H20N2O3/c1-21-13-7-6-12(11-17)14(10-13)18-16(15(19)20)8-4-2-3-5-9-16/h6-7,10,18H,2-5,8-9H2,1H3,(H,19,20). The summed E-state index contributed by atoms with van der Waals surface area (Å²) in [5.74, 6) is -0.248. The van der Waals surface area contributed by atoms with Gasteiger partial charge in [-0.05, 0) is 25.0 Å². The van der Waals surface area contributed by atoms with Crippen molar-refractivity contribution in [3.63, 3.8) is 0 Å². The van der Waals surface area contributed by atoms with Crippen LogP contribution in [0.2, 0.25) is 0 Å². The van der Waals surface area contributed by atoms with Gasteiger partial charge in [0, 0.05) is 6.07 Å². The number of carboxylic acid groups (broad SMARTS) is 1. The molecular formula is C16H20N2O3. The van der Waals surface area contributed by atoms with Gasteiger partial charge >= 0.3 is 5.97 Å². The summed E-state index contributed by atoms with van der Waals surface area (Å²) in [4.78, 5) is 11.8. The van der Waals surface area contributed by atoms with Crippen LogP contribution in [0.1, 0.15) is 44.1 Å². The highest BCUT2D eigenvalue weighted by atomic mass is 16.5. The molecule has 0 atom stereocenters. The summed E-state index contributed by atoms with van der Waals surface area (Å²) in [5, 5.41) is 22.0. The minimum absolute atomic E-state index is 0.431. The second-order valence-electron chi connectivity index (χ2n) is 5.45. The van der Waals surface area contributed by atoms with Crippen LogP contribution in [0.5, 0.6) is 5.75 Å². The van der Waals surface area contributed by atoms with E-state index in [4.69, 9.17) is 4.74 Å². The van der Waals surface area contributed by atoms with Crippen LogP contribution in [0.25, 0.3) is 0 Å². The number of ether oxygens (including phenoxy) is 1. The highest BCUT2D eigenvalue weighted by molar-refractivity contribution is 5.83. The van der Waals surface area contributed by atoms with Crippen LogP contribution in [0.4, 0.5) is 5.69 Å². The van der Waals surface area contributed by atoms with E-state index in [1.807, 2.05) is 0 Å². The second-order valence-corrected chi connectivity index (χ2v) is 5.45. The summed E-state index contributed by atoms with van der Waals surface area (Å²) in [5.41, 5.74) is -0.0316. The van der Waals surface area contributed by atoms with Crippen molar-refractivity contribution < 1.29 is 14.6 Å². The predicted octanol–water partition coefficient (Wildman–Crippen LogP) is 3.16. The fourth-order valence-corrected chi connectivity index (χ4v) is 2.83. The van der Waals surface area contributed by atoms with Gasteiger partial charge in [-0.2, -0.15) is 5.26 Å². The number of rotatable bonds is 4. The highest BCUT2D eigenvalue weighted by Gasteiger charge is 2.39. The first kappa shape index (κ1) is 15.2. The molecule has 0 radical (unpaired) electrons. The number of benzene rings is 1. The maximum atomic E-state index is 11.8. The zero-order valence-corrected chi connectivity index (χ0v) is 12.2. The fourth-order valence-electron chi connectivity index (χ4n) is 2.83. The molecule has 1 aromatic carbocycles. The minimum atomic E-state index is -0.992. The first-order chi connectivity index (χ1) is 10.1. The molecule has 0 saturated heterocycles. The molecule has 0 unspecified atom stereocenters. The van der Waals surface area contributed by atoms with Crippen molar-refractivity contribution in [3.05, 3.63) is 23.8 Å². The second kappa shape index (κ2) is 6.49. The van der Waals surface area contributed by atoms with Gasteiger partial charge in [-0.3, -0.25) is 0 Å². The van der Waals surface area contributed by atoms with Crippen LogP contribution in [0.3, 0.4) is 0 Å². The molecular weight excluding hydrogens is 268 g/mol. The number of hydrogen-bond acceptors (Lipinski definition) is 4. The first-order valence-corrected chi connectivity index (χ1v) is 7.21. The van der Waals surface area contributed by atoms with E-state index in [9.17, 15) is 15.2 Å². The third-order valence-electron chi connectivity index (χ3n) is 4.09. The van der Waals surface area contributed by atoms with E-state index in [1.165, 1.54) is 0 Å². The lowest BCUT2D eigenvalue weighted by Crippen LogP contribution is -2.46. The quantitative estimate of drug-likeness (QED) is 0.832. The SMILES string of the molecule is COc1ccc(C#N)c(NC2(C(=O)O)CCCCCC2)c1. The van der Waals surface area contributed by atoms with Gasteiger partial charge in [0.1, 0.15) is 17.4 Å². The largest absolute Gasteiger partial charge is 0.497 e. The van der Waals surface area contributed by atoms with E-state index >= 15 is 0 Å². The summed E-state index contributed by atoms with van der Waals surface area (Å²) in [7, 11) is 1.55. The normalized spacial score (nSPS) is 17.3. The lowest BCUT2D eigenvalue weighted by Gasteiger charge is -2.31. The monoisotopic (exact) mass is 288 g/mol. The van der Waals surface area contributed by atoms with E-state index in [2.05, 4.69) is 11.4 Å². The molecule has 0 amide bonds. The Morgan fingerprint density at radius 1 is 1.33 bits per heavy atom. The number of methoxy groups -OCH3 is 1. The summed E-state index contributed by atoms with van der Waals surface area (Å²) < 4.78 is 5.16. The van der Waals surface area contributed by atoms with Gasteiger partial charge < -0.3 is 15.2 Å². The fraction of sp³-hybridized carbons (Fsp3) is 0.500. The van der Waals surface area contributed by atoms with E-state index in [0.29, 0.717) is 29.8 Å². The smallest absolute Gasteiger partial charge is 0.329 e. The molecule has 1 aliphatic carbocycles. The Kier molecular flexibility index (Phi) is 4.69. The Bertz CT molecular complexity index is 555. The number of nitrogens with zero attached hydrogens (tertiary/aromatic N) is 1. The van der Waals surface area contributed by atoms with Gasteiger partial charge in [0.25, 0.3) is 0 Å². The molecule has 1 aromatic rings. The Morgan fingerprint density at radius 3 is 2.52 bits per heavy atom. The summed E-state index contributed by atoms with van der Waals surface area (Å²) in [6.45, 7) is 0. The predicted molar refractivity (Wildman–Crippen MR) is 79.4 cm³/mol. The summed E-state index contributed by atoms with van der Waals surface area (Å²) >= 11 is 0. The van der Waals surface area contributed by atoms with E-state index in [0.717, 1.165) is 25.7 Å². The van der Waals surface area contributed by atoms with Crippen LogP contribution in [-0.2, 0) is 4.79 Å². The van der Waals surface area contributed by atoms with Crippen LogP contribution in [0.15, 0.2) is 18.2 Å².